The number of unbranched alkanes of at least 4 members (excludes halogenated alkanes) is 11. The fourth-order valence-corrected chi connectivity index (χ4v) is 2.87. The lowest BCUT2D eigenvalue weighted by molar-refractivity contribution is -0.122. The van der Waals surface area contributed by atoms with Crippen LogP contribution in [0.25, 0.3) is 0 Å². The van der Waals surface area contributed by atoms with Crippen LogP contribution >= 0.6 is 0 Å². The van der Waals surface area contributed by atoms with Crippen LogP contribution < -0.4 is 11.5 Å². The third-order valence-electron chi connectivity index (χ3n) is 4.37. The second kappa shape index (κ2) is 14.4. The van der Waals surface area contributed by atoms with E-state index in [1.807, 2.05) is 6.92 Å². The zero-order valence-corrected chi connectivity index (χ0v) is 14.4. The molecule has 21 heavy (non-hydrogen) atoms. The highest BCUT2D eigenvalue weighted by atomic mass is 16.1. The molecule has 126 valence electrons. The minimum atomic E-state index is -0.243. The van der Waals surface area contributed by atoms with Crippen molar-refractivity contribution in [2.75, 3.05) is 0 Å². The van der Waals surface area contributed by atoms with Crippen LogP contribution in [0.15, 0.2) is 0 Å². The Morgan fingerprint density at radius 2 is 1.19 bits per heavy atom. The first kappa shape index (κ1) is 20.4. The van der Waals surface area contributed by atoms with E-state index in [1.165, 1.54) is 70.6 Å². The molecule has 0 radical (unpaired) electrons. The highest BCUT2D eigenvalue weighted by molar-refractivity contribution is 5.77. The predicted octanol–water partition coefficient (Wildman–Crippen LogP) is 4.53. The molecule has 0 saturated heterocycles. The number of carbonyl (C=O) groups is 1. The molecule has 0 rings (SSSR count). The van der Waals surface area contributed by atoms with Gasteiger partial charge in [-0.05, 0) is 13.3 Å². The molecule has 0 aromatic rings. The molecule has 3 nitrogen and oxygen atoms in total. The Hall–Kier alpha value is -0.570. The van der Waals surface area contributed by atoms with Crippen LogP contribution in [0.2, 0.25) is 0 Å². The normalized spacial score (nSPS) is 14.0. The molecule has 0 aliphatic rings. The lowest BCUT2D eigenvalue weighted by Gasteiger charge is -2.16. The Morgan fingerprint density at radius 3 is 1.52 bits per heavy atom. The quantitative estimate of drug-likeness (QED) is 0.436. The Morgan fingerprint density at radius 1 is 0.810 bits per heavy atom. The summed E-state index contributed by atoms with van der Waals surface area (Å²) in [6.45, 7) is 4.13. The number of carbonyl (C=O) groups excluding carboxylic acids is 1. The molecule has 0 aromatic heterocycles. The fraction of sp³-hybridized carbons (Fsp3) is 0.944. The summed E-state index contributed by atoms with van der Waals surface area (Å²) in [4.78, 5) is 11.2. The minimum absolute atomic E-state index is 0.116. The molecule has 0 heterocycles. The minimum Gasteiger partial charge on any atom is -0.369 e. The summed E-state index contributed by atoms with van der Waals surface area (Å²) in [6, 6.07) is -0.116. The first-order valence-electron chi connectivity index (χ1n) is 9.14. The van der Waals surface area contributed by atoms with E-state index in [4.69, 9.17) is 11.5 Å². The zero-order valence-electron chi connectivity index (χ0n) is 14.4. The highest BCUT2D eigenvalue weighted by Crippen LogP contribution is 2.15. The molecule has 2 unspecified atom stereocenters. The number of hydrogen-bond acceptors (Lipinski definition) is 2. The summed E-state index contributed by atoms with van der Waals surface area (Å²) in [5.41, 5.74) is 11.1. The number of nitrogens with two attached hydrogens (primary N) is 2. The van der Waals surface area contributed by atoms with Crippen LogP contribution in [0, 0.1) is 5.92 Å². The molecule has 0 saturated carbocycles. The third kappa shape index (κ3) is 12.9. The van der Waals surface area contributed by atoms with Gasteiger partial charge in [-0.15, -0.1) is 0 Å². The van der Waals surface area contributed by atoms with Crippen molar-refractivity contribution in [3.63, 3.8) is 0 Å². The molecule has 4 N–H and O–H groups in total. The topological polar surface area (TPSA) is 69.1 Å². The number of hydrogen-bond donors (Lipinski definition) is 2. The van der Waals surface area contributed by atoms with Crippen molar-refractivity contribution in [3.05, 3.63) is 0 Å². The van der Waals surface area contributed by atoms with E-state index in [1.54, 1.807) is 0 Å². The lowest BCUT2D eigenvalue weighted by atomic mass is 9.94. The Labute approximate surface area is 132 Å². The monoisotopic (exact) mass is 298 g/mol. The molecule has 0 aliphatic heterocycles. The summed E-state index contributed by atoms with van der Waals surface area (Å²) in [6.07, 6.45) is 16.9. The average molecular weight is 299 g/mol. The van der Waals surface area contributed by atoms with Gasteiger partial charge in [-0.1, -0.05) is 84.0 Å². The van der Waals surface area contributed by atoms with Gasteiger partial charge in [0.25, 0.3) is 0 Å². The van der Waals surface area contributed by atoms with Gasteiger partial charge >= 0.3 is 0 Å². The van der Waals surface area contributed by atoms with Crippen LogP contribution in [-0.4, -0.2) is 11.9 Å². The predicted molar refractivity (Wildman–Crippen MR) is 92.0 cm³/mol. The van der Waals surface area contributed by atoms with Crippen molar-refractivity contribution >= 4 is 5.91 Å². The van der Waals surface area contributed by atoms with Gasteiger partial charge in [0.05, 0.1) is 5.92 Å². The first-order chi connectivity index (χ1) is 10.1. The Kier molecular flexibility index (Phi) is 14.0. The van der Waals surface area contributed by atoms with Crippen molar-refractivity contribution < 1.29 is 4.79 Å². The van der Waals surface area contributed by atoms with Gasteiger partial charge in [0.2, 0.25) is 5.91 Å². The van der Waals surface area contributed by atoms with Gasteiger partial charge < -0.3 is 11.5 Å². The molecule has 3 heteroatoms. The van der Waals surface area contributed by atoms with E-state index in [2.05, 4.69) is 6.92 Å². The molecular weight excluding hydrogens is 260 g/mol. The first-order valence-corrected chi connectivity index (χ1v) is 9.14. The van der Waals surface area contributed by atoms with E-state index >= 15 is 0 Å². The molecule has 0 aromatic carbocycles. The smallest absolute Gasteiger partial charge is 0.222 e. The van der Waals surface area contributed by atoms with E-state index in [-0.39, 0.29) is 17.9 Å². The summed E-state index contributed by atoms with van der Waals surface area (Å²) in [5.74, 6) is -0.388. The number of rotatable bonds is 15. The fourth-order valence-electron chi connectivity index (χ4n) is 2.87. The van der Waals surface area contributed by atoms with E-state index in [0.29, 0.717) is 0 Å². The molecule has 0 spiro atoms. The number of amides is 1. The maximum absolute atomic E-state index is 11.2. The van der Waals surface area contributed by atoms with E-state index in [9.17, 15) is 4.79 Å². The van der Waals surface area contributed by atoms with Crippen molar-refractivity contribution in [2.45, 2.75) is 103 Å². The maximum Gasteiger partial charge on any atom is 0.222 e. The lowest BCUT2D eigenvalue weighted by Crippen LogP contribution is -2.37. The Balaban J connectivity index is 3.27. The largest absolute Gasteiger partial charge is 0.369 e. The summed E-state index contributed by atoms with van der Waals surface area (Å²) < 4.78 is 0. The van der Waals surface area contributed by atoms with Gasteiger partial charge in [0, 0.05) is 6.04 Å². The maximum atomic E-state index is 11.2. The van der Waals surface area contributed by atoms with Gasteiger partial charge in [-0.3, -0.25) is 4.79 Å². The van der Waals surface area contributed by atoms with Crippen LogP contribution in [0.4, 0.5) is 0 Å². The van der Waals surface area contributed by atoms with Gasteiger partial charge in [-0.25, -0.2) is 0 Å². The van der Waals surface area contributed by atoms with E-state index < -0.39 is 0 Å². The van der Waals surface area contributed by atoms with Gasteiger partial charge in [-0.2, -0.15) is 0 Å². The van der Waals surface area contributed by atoms with Crippen LogP contribution in [0.5, 0.6) is 0 Å². The summed E-state index contributed by atoms with van der Waals surface area (Å²) in [5, 5.41) is 0. The third-order valence-corrected chi connectivity index (χ3v) is 4.37. The van der Waals surface area contributed by atoms with Gasteiger partial charge in [0.15, 0.2) is 0 Å². The highest BCUT2D eigenvalue weighted by Gasteiger charge is 2.18. The average Bonchev–Trinajstić information content (AvgIpc) is 2.43. The standard InChI is InChI=1S/C18H38N2O/c1-3-4-5-6-7-8-9-10-11-12-13-14-15-17(16(2)19)18(20)21/h16-17H,3-15,19H2,1-2H3,(H2,20,21). The van der Waals surface area contributed by atoms with Crippen molar-refractivity contribution in [1.29, 1.82) is 0 Å². The molecule has 1 amide bonds. The zero-order chi connectivity index (χ0) is 15.9. The second-order valence-electron chi connectivity index (χ2n) is 6.55. The SMILES string of the molecule is CCCCCCCCCCCCCCC(C(N)=O)C(C)N. The summed E-state index contributed by atoms with van der Waals surface area (Å²) in [7, 11) is 0. The van der Waals surface area contributed by atoms with Crippen molar-refractivity contribution in [3.8, 4) is 0 Å². The van der Waals surface area contributed by atoms with E-state index in [0.717, 1.165) is 12.8 Å². The summed E-state index contributed by atoms with van der Waals surface area (Å²) >= 11 is 0. The molecule has 2 atom stereocenters. The molecule has 0 bridgehead atoms. The second-order valence-corrected chi connectivity index (χ2v) is 6.55. The molecule has 0 aliphatic carbocycles. The molecule has 0 fully saturated rings. The van der Waals surface area contributed by atoms with Crippen molar-refractivity contribution in [1.82, 2.24) is 0 Å². The van der Waals surface area contributed by atoms with Crippen LogP contribution in [0.1, 0.15) is 97.3 Å². The van der Waals surface area contributed by atoms with Gasteiger partial charge in [0.1, 0.15) is 0 Å². The van der Waals surface area contributed by atoms with Crippen LogP contribution in [-0.2, 0) is 4.79 Å². The van der Waals surface area contributed by atoms with Crippen LogP contribution in [0.3, 0.4) is 0 Å². The Bertz CT molecular complexity index is 241. The van der Waals surface area contributed by atoms with Crippen molar-refractivity contribution in [2.24, 2.45) is 17.4 Å². The number of primary amides is 1. The molecular formula is C18H38N2O.